The molecule has 35 heavy (non-hydrogen) atoms. The highest BCUT2D eigenvalue weighted by Gasteiger charge is 2.39. The van der Waals surface area contributed by atoms with Gasteiger partial charge in [-0.25, -0.2) is 9.97 Å². The van der Waals surface area contributed by atoms with E-state index in [-0.39, 0.29) is 0 Å². The summed E-state index contributed by atoms with van der Waals surface area (Å²) >= 11 is 0. The molecule has 0 amide bonds. The van der Waals surface area contributed by atoms with Crippen molar-refractivity contribution < 1.29 is 13.7 Å². The van der Waals surface area contributed by atoms with Gasteiger partial charge in [0, 0.05) is 55.6 Å². The van der Waals surface area contributed by atoms with E-state index < -0.39 is 15.5 Å². The topological polar surface area (TPSA) is 83.6 Å². The van der Waals surface area contributed by atoms with Gasteiger partial charge in [-0.15, -0.1) is 0 Å². The summed E-state index contributed by atoms with van der Waals surface area (Å²) in [6, 6.07) is 10.5. The van der Waals surface area contributed by atoms with Crippen LogP contribution in [0.3, 0.4) is 0 Å². The number of rotatable bonds is 7. The molecule has 2 saturated heterocycles. The average Bonchev–Trinajstić information content (AvgIpc) is 3.30. The Morgan fingerprint density at radius 3 is 2.51 bits per heavy atom. The second-order valence-corrected chi connectivity index (χ2v) is 11.2. The zero-order valence-corrected chi connectivity index (χ0v) is 21.7. The van der Waals surface area contributed by atoms with Crippen LogP contribution in [0.1, 0.15) is 31.0 Å². The molecule has 3 aromatic rings. The lowest BCUT2D eigenvalue weighted by Gasteiger charge is -2.37. The molecule has 2 aliphatic rings. The molecule has 1 atom stereocenters. The van der Waals surface area contributed by atoms with Crippen molar-refractivity contribution >= 4 is 27.7 Å². The van der Waals surface area contributed by atoms with Crippen LogP contribution in [0.4, 0.5) is 5.82 Å². The molecular weight excluding hydrogens is 462 g/mol. The monoisotopic (exact) mass is 497 g/mol. The second-order valence-electron chi connectivity index (χ2n) is 9.51. The first kappa shape index (κ1) is 24.4. The first-order valence-electron chi connectivity index (χ1n) is 12.4. The van der Waals surface area contributed by atoms with Gasteiger partial charge in [-0.05, 0) is 62.3 Å². The highest BCUT2D eigenvalue weighted by atomic mass is 32.2. The molecule has 0 radical (unpaired) electrons. The van der Waals surface area contributed by atoms with Gasteiger partial charge in [0.1, 0.15) is 5.82 Å². The Labute approximate surface area is 209 Å². The smallest absolute Gasteiger partial charge is 0.129 e. The van der Waals surface area contributed by atoms with Crippen molar-refractivity contribution in [3.63, 3.8) is 0 Å². The fourth-order valence-electron chi connectivity index (χ4n) is 5.00. The van der Waals surface area contributed by atoms with Crippen molar-refractivity contribution in [3.8, 4) is 11.4 Å². The van der Waals surface area contributed by atoms with Gasteiger partial charge in [0.15, 0.2) is 0 Å². The summed E-state index contributed by atoms with van der Waals surface area (Å²) in [5.74, 6) is 0.901. The SMILES string of the molecule is CCN(C)Cc1cc2nc(-c3cc(C4(S(C)=O)CCOCC4)cc(N4CCOCC4)n3)ccc2[nH]1. The number of H-pyrrole nitrogens is 1. The average molecular weight is 498 g/mol. The lowest BCUT2D eigenvalue weighted by Crippen LogP contribution is -2.39. The molecule has 2 aliphatic heterocycles. The van der Waals surface area contributed by atoms with Gasteiger partial charge in [0.05, 0.1) is 40.4 Å². The van der Waals surface area contributed by atoms with Crippen LogP contribution in [0, 0.1) is 0 Å². The van der Waals surface area contributed by atoms with Crippen LogP contribution in [-0.2, 0) is 31.6 Å². The first-order chi connectivity index (χ1) is 17.0. The van der Waals surface area contributed by atoms with Crippen molar-refractivity contribution in [1.29, 1.82) is 0 Å². The molecule has 5 rings (SSSR count). The minimum absolute atomic E-state index is 0.437. The molecule has 3 aromatic heterocycles. The number of pyridine rings is 2. The molecule has 0 aromatic carbocycles. The Hall–Kier alpha value is -2.33. The number of nitrogens with zero attached hydrogens (tertiary/aromatic N) is 4. The van der Waals surface area contributed by atoms with E-state index in [9.17, 15) is 4.21 Å². The lowest BCUT2D eigenvalue weighted by molar-refractivity contribution is 0.0756. The third kappa shape index (κ3) is 5.00. The molecule has 8 nitrogen and oxygen atoms in total. The highest BCUT2D eigenvalue weighted by Crippen LogP contribution is 2.40. The van der Waals surface area contributed by atoms with Crippen molar-refractivity contribution in [3.05, 3.63) is 41.6 Å². The van der Waals surface area contributed by atoms with E-state index in [1.54, 1.807) is 0 Å². The van der Waals surface area contributed by atoms with Crippen molar-refractivity contribution in [2.75, 3.05) is 64.3 Å². The van der Waals surface area contributed by atoms with Gasteiger partial charge in [-0.1, -0.05) is 6.92 Å². The minimum atomic E-state index is -1.05. The Morgan fingerprint density at radius 1 is 1.06 bits per heavy atom. The maximum Gasteiger partial charge on any atom is 0.129 e. The van der Waals surface area contributed by atoms with E-state index in [1.807, 2.05) is 12.3 Å². The summed E-state index contributed by atoms with van der Waals surface area (Å²) in [6.45, 7) is 8.17. The van der Waals surface area contributed by atoms with E-state index in [1.165, 1.54) is 0 Å². The fraction of sp³-hybridized carbons (Fsp3) is 0.538. The zero-order chi connectivity index (χ0) is 24.4. The second kappa shape index (κ2) is 10.3. The molecule has 0 spiro atoms. The normalized spacial score (nSPS) is 19.4. The van der Waals surface area contributed by atoms with E-state index in [4.69, 9.17) is 19.4 Å². The van der Waals surface area contributed by atoms with Crippen LogP contribution < -0.4 is 4.90 Å². The molecule has 0 aliphatic carbocycles. The molecule has 1 unspecified atom stereocenters. The van der Waals surface area contributed by atoms with Crippen molar-refractivity contribution in [2.24, 2.45) is 0 Å². The molecule has 1 N–H and O–H groups in total. The van der Waals surface area contributed by atoms with Crippen LogP contribution in [-0.4, -0.2) is 83.4 Å². The summed E-state index contributed by atoms with van der Waals surface area (Å²) in [5.41, 5.74) is 5.81. The van der Waals surface area contributed by atoms with Gasteiger partial charge >= 0.3 is 0 Å². The summed E-state index contributed by atoms with van der Waals surface area (Å²) < 4.78 is 23.9. The van der Waals surface area contributed by atoms with Crippen LogP contribution in [0.25, 0.3) is 22.4 Å². The van der Waals surface area contributed by atoms with E-state index >= 15 is 0 Å². The molecule has 2 fully saturated rings. The van der Waals surface area contributed by atoms with Crippen LogP contribution in [0.5, 0.6) is 0 Å². The number of aromatic amines is 1. The van der Waals surface area contributed by atoms with Gasteiger partial charge in [-0.3, -0.25) is 4.21 Å². The number of hydrogen-bond donors (Lipinski definition) is 1. The highest BCUT2D eigenvalue weighted by molar-refractivity contribution is 7.85. The van der Waals surface area contributed by atoms with E-state index in [0.29, 0.717) is 26.4 Å². The van der Waals surface area contributed by atoms with Gasteiger partial charge in [0.25, 0.3) is 0 Å². The van der Waals surface area contributed by atoms with Crippen LogP contribution >= 0.6 is 0 Å². The van der Waals surface area contributed by atoms with Gasteiger partial charge < -0.3 is 24.3 Å². The van der Waals surface area contributed by atoms with Crippen molar-refractivity contribution in [1.82, 2.24) is 19.9 Å². The van der Waals surface area contributed by atoms with Gasteiger partial charge in [-0.2, -0.15) is 0 Å². The third-order valence-corrected chi connectivity index (χ3v) is 9.04. The molecule has 188 valence electrons. The maximum absolute atomic E-state index is 13.1. The molecular formula is C26H35N5O3S. The Kier molecular flexibility index (Phi) is 7.20. The summed E-state index contributed by atoms with van der Waals surface area (Å²) in [4.78, 5) is 18.0. The maximum atomic E-state index is 13.1. The number of morpholine rings is 1. The molecule has 0 saturated carbocycles. The number of aromatic nitrogens is 3. The van der Waals surface area contributed by atoms with Crippen LogP contribution in [0.15, 0.2) is 30.3 Å². The molecule has 5 heterocycles. The molecule has 0 bridgehead atoms. The number of fused-ring (bicyclic) bond motifs is 1. The minimum Gasteiger partial charge on any atom is -0.381 e. The number of hydrogen-bond acceptors (Lipinski definition) is 7. The lowest BCUT2D eigenvalue weighted by atomic mass is 9.90. The number of ether oxygens (including phenoxy) is 2. The fourth-order valence-corrected chi connectivity index (χ4v) is 6.19. The first-order valence-corrected chi connectivity index (χ1v) is 14.0. The van der Waals surface area contributed by atoms with Crippen molar-refractivity contribution in [2.45, 2.75) is 31.1 Å². The number of anilines is 1. The summed E-state index contributed by atoms with van der Waals surface area (Å²) in [7, 11) is 1.06. The van der Waals surface area contributed by atoms with Crippen LogP contribution in [0.2, 0.25) is 0 Å². The zero-order valence-electron chi connectivity index (χ0n) is 20.9. The summed E-state index contributed by atoms with van der Waals surface area (Å²) in [5, 5.41) is 0. The number of nitrogens with one attached hydrogen (secondary N) is 1. The standard InChI is InChI=1S/C26H35N5O3S/c1-4-30(2)18-20-17-24-21(27-20)5-6-22(28-24)23-15-19(26(35(3)32)7-11-33-12-8-26)16-25(29-23)31-9-13-34-14-10-31/h5-6,15-17,27H,4,7-14,18H2,1-3H3. The Balaban J connectivity index is 1.58. The van der Waals surface area contributed by atoms with E-state index in [0.717, 1.165) is 78.5 Å². The Bertz CT molecular complexity index is 1200. The quantitative estimate of drug-likeness (QED) is 0.536. The van der Waals surface area contributed by atoms with E-state index in [2.05, 4.69) is 53.0 Å². The predicted octanol–water partition coefficient (Wildman–Crippen LogP) is 3.30. The van der Waals surface area contributed by atoms with Gasteiger partial charge in [0.2, 0.25) is 0 Å². The largest absolute Gasteiger partial charge is 0.381 e. The summed E-state index contributed by atoms with van der Waals surface area (Å²) in [6.07, 6.45) is 3.29. The predicted molar refractivity (Wildman–Crippen MR) is 140 cm³/mol. The molecule has 9 heteroatoms. The third-order valence-electron chi connectivity index (χ3n) is 7.30. The Morgan fingerprint density at radius 2 is 1.80 bits per heavy atom.